The van der Waals surface area contributed by atoms with Crippen LogP contribution < -0.4 is 4.74 Å². The number of hydrogen-bond acceptors (Lipinski definition) is 2. The number of phenolic OH excluding ortho intramolecular Hbond substituents is 1. The van der Waals surface area contributed by atoms with Gasteiger partial charge >= 0.3 is 0 Å². The van der Waals surface area contributed by atoms with Gasteiger partial charge in [-0.15, -0.1) is 0 Å². The van der Waals surface area contributed by atoms with Gasteiger partial charge in [0.1, 0.15) is 11.5 Å². The lowest BCUT2D eigenvalue weighted by Gasteiger charge is -2.19. The van der Waals surface area contributed by atoms with E-state index < -0.39 is 0 Å². The van der Waals surface area contributed by atoms with Crippen molar-refractivity contribution >= 4 is 0 Å². The van der Waals surface area contributed by atoms with E-state index in [1.807, 2.05) is 36.4 Å². The molecule has 0 bridgehead atoms. The van der Waals surface area contributed by atoms with Gasteiger partial charge in [-0.1, -0.05) is 44.2 Å². The predicted octanol–water partition coefficient (Wildman–Crippen LogP) is 3.73. The number of aromatic hydroxyl groups is 1. The number of rotatable bonds is 1. The van der Waals surface area contributed by atoms with Crippen LogP contribution in [0.3, 0.4) is 0 Å². The monoisotopic (exact) mass is 240 g/mol. The van der Waals surface area contributed by atoms with Crippen molar-refractivity contribution in [2.75, 3.05) is 6.61 Å². The van der Waals surface area contributed by atoms with Crippen LogP contribution >= 0.6 is 0 Å². The third-order valence-electron chi connectivity index (χ3n) is 3.49. The van der Waals surface area contributed by atoms with E-state index in [1.165, 1.54) is 5.56 Å². The highest BCUT2D eigenvalue weighted by molar-refractivity contribution is 5.77. The Balaban J connectivity index is 2.27. The van der Waals surface area contributed by atoms with Gasteiger partial charge in [-0.05, 0) is 17.7 Å². The SMILES string of the molecule is CC1(C)COc2cccc(-c3ccccc3O)c21. The van der Waals surface area contributed by atoms with Gasteiger partial charge in [-0.25, -0.2) is 0 Å². The van der Waals surface area contributed by atoms with E-state index in [1.54, 1.807) is 6.07 Å². The summed E-state index contributed by atoms with van der Waals surface area (Å²) >= 11 is 0. The van der Waals surface area contributed by atoms with Crippen molar-refractivity contribution in [3.8, 4) is 22.6 Å². The fraction of sp³-hybridized carbons (Fsp3) is 0.250. The Bertz CT molecular complexity index is 600. The van der Waals surface area contributed by atoms with Crippen LogP contribution in [0.4, 0.5) is 0 Å². The van der Waals surface area contributed by atoms with Crippen LogP contribution in [-0.2, 0) is 5.41 Å². The molecule has 0 saturated heterocycles. The van der Waals surface area contributed by atoms with Crippen molar-refractivity contribution in [2.24, 2.45) is 0 Å². The van der Waals surface area contributed by atoms with Gasteiger partial charge in [0.15, 0.2) is 0 Å². The van der Waals surface area contributed by atoms with Crippen molar-refractivity contribution in [3.05, 3.63) is 48.0 Å². The summed E-state index contributed by atoms with van der Waals surface area (Å²) in [4.78, 5) is 0. The Morgan fingerprint density at radius 3 is 2.50 bits per heavy atom. The molecule has 0 aromatic heterocycles. The normalized spacial score (nSPS) is 16.1. The molecule has 0 saturated carbocycles. The molecule has 2 aromatic rings. The smallest absolute Gasteiger partial charge is 0.123 e. The van der Waals surface area contributed by atoms with E-state index in [4.69, 9.17) is 4.74 Å². The first-order valence-corrected chi connectivity index (χ1v) is 6.14. The Morgan fingerprint density at radius 1 is 1.00 bits per heavy atom. The fourth-order valence-corrected chi connectivity index (χ4v) is 2.61. The summed E-state index contributed by atoms with van der Waals surface area (Å²) in [5.74, 6) is 1.24. The van der Waals surface area contributed by atoms with Gasteiger partial charge in [0.25, 0.3) is 0 Å². The summed E-state index contributed by atoms with van der Waals surface area (Å²) in [6, 6.07) is 13.5. The summed E-state index contributed by atoms with van der Waals surface area (Å²) in [5.41, 5.74) is 3.10. The number of phenols is 1. The molecule has 3 rings (SSSR count). The minimum Gasteiger partial charge on any atom is -0.507 e. The molecule has 2 aromatic carbocycles. The highest BCUT2D eigenvalue weighted by Crippen LogP contribution is 2.45. The standard InChI is InChI=1S/C16H16O2/c1-16(2)10-18-14-9-5-7-12(15(14)16)11-6-3-4-8-13(11)17/h3-9,17H,10H2,1-2H3. The largest absolute Gasteiger partial charge is 0.507 e. The number of ether oxygens (including phenoxy) is 1. The minimum absolute atomic E-state index is 0.0196. The quantitative estimate of drug-likeness (QED) is 0.823. The second-order valence-corrected chi connectivity index (χ2v) is 5.37. The number of fused-ring (bicyclic) bond motifs is 1. The molecule has 0 spiro atoms. The second kappa shape index (κ2) is 3.77. The summed E-state index contributed by atoms with van der Waals surface area (Å²) in [5, 5.41) is 10.0. The van der Waals surface area contributed by atoms with Crippen LogP contribution in [-0.4, -0.2) is 11.7 Å². The molecule has 0 unspecified atom stereocenters. The van der Waals surface area contributed by atoms with Crippen molar-refractivity contribution in [2.45, 2.75) is 19.3 Å². The van der Waals surface area contributed by atoms with Gasteiger partial charge in [-0.3, -0.25) is 0 Å². The molecular formula is C16H16O2. The number of para-hydroxylation sites is 1. The average molecular weight is 240 g/mol. The number of hydrogen-bond donors (Lipinski definition) is 1. The van der Waals surface area contributed by atoms with Gasteiger partial charge in [0, 0.05) is 16.5 Å². The van der Waals surface area contributed by atoms with E-state index in [0.717, 1.165) is 16.9 Å². The topological polar surface area (TPSA) is 29.5 Å². The zero-order valence-corrected chi connectivity index (χ0v) is 10.6. The van der Waals surface area contributed by atoms with Crippen LogP contribution in [0.1, 0.15) is 19.4 Å². The molecule has 2 heteroatoms. The lowest BCUT2D eigenvalue weighted by Crippen LogP contribution is -2.19. The first-order chi connectivity index (χ1) is 8.59. The fourth-order valence-electron chi connectivity index (χ4n) is 2.61. The molecule has 0 amide bonds. The Labute approximate surface area is 107 Å². The summed E-state index contributed by atoms with van der Waals surface area (Å²) in [6.07, 6.45) is 0. The van der Waals surface area contributed by atoms with Crippen molar-refractivity contribution < 1.29 is 9.84 Å². The molecule has 0 radical (unpaired) electrons. The van der Waals surface area contributed by atoms with Gasteiger partial charge < -0.3 is 9.84 Å². The molecule has 1 aliphatic heterocycles. The second-order valence-electron chi connectivity index (χ2n) is 5.37. The molecular weight excluding hydrogens is 224 g/mol. The highest BCUT2D eigenvalue weighted by atomic mass is 16.5. The Morgan fingerprint density at radius 2 is 1.72 bits per heavy atom. The molecule has 0 aliphatic carbocycles. The van der Waals surface area contributed by atoms with Crippen LogP contribution in [0.15, 0.2) is 42.5 Å². The van der Waals surface area contributed by atoms with Crippen LogP contribution in [0, 0.1) is 0 Å². The van der Waals surface area contributed by atoms with E-state index >= 15 is 0 Å². The van der Waals surface area contributed by atoms with Crippen LogP contribution in [0.25, 0.3) is 11.1 Å². The Kier molecular flexibility index (Phi) is 2.34. The molecule has 1 aliphatic rings. The first kappa shape index (κ1) is 11.1. The zero-order valence-electron chi connectivity index (χ0n) is 10.6. The highest BCUT2D eigenvalue weighted by Gasteiger charge is 2.34. The lowest BCUT2D eigenvalue weighted by molar-refractivity contribution is 0.291. The molecule has 0 fully saturated rings. The molecule has 1 N–H and O–H groups in total. The van der Waals surface area contributed by atoms with E-state index in [-0.39, 0.29) is 5.41 Å². The maximum absolute atomic E-state index is 10.0. The predicted molar refractivity (Wildman–Crippen MR) is 72.1 cm³/mol. The average Bonchev–Trinajstić information content (AvgIpc) is 2.67. The maximum Gasteiger partial charge on any atom is 0.123 e. The minimum atomic E-state index is -0.0196. The maximum atomic E-state index is 10.0. The van der Waals surface area contributed by atoms with Crippen LogP contribution in [0.2, 0.25) is 0 Å². The van der Waals surface area contributed by atoms with Gasteiger partial charge in [0.2, 0.25) is 0 Å². The summed E-state index contributed by atoms with van der Waals surface area (Å²) in [6.45, 7) is 5.03. The molecule has 0 atom stereocenters. The van der Waals surface area contributed by atoms with Gasteiger partial charge in [-0.2, -0.15) is 0 Å². The Hall–Kier alpha value is -1.96. The third kappa shape index (κ3) is 1.57. The van der Waals surface area contributed by atoms with E-state index in [9.17, 15) is 5.11 Å². The summed E-state index contributed by atoms with van der Waals surface area (Å²) < 4.78 is 5.73. The van der Waals surface area contributed by atoms with E-state index in [2.05, 4.69) is 13.8 Å². The van der Waals surface area contributed by atoms with Crippen molar-refractivity contribution in [1.82, 2.24) is 0 Å². The first-order valence-electron chi connectivity index (χ1n) is 6.14. The lowest BCUT2D eigenvalue weighted by atomic mass is 9.82. The van der Waals surface area contributed by atoms with Gasteiger partial charge in [0.05, 0.1) is 6.61 Å². The zero-order chi connectivity index (χ0) is 12.8. The van der Waals surface area contributed by atoms with E-state index in [0.29, 0.717) is 12.4 Å². The molecule has 2 nitrogen and oxygen atoms in total. The molecule has 18 heavy (non-hydrogen) atoms. The van der Waals surface area contributed by atoms with Crippen molar-refractivity contribution in [3.63, 3.8) is 0 Å². The molecule has 1 heterocycles. The van der Waals surface area contributed by atoms with Crippen LogP contribution in [0.5, 0.6) is 11.5 Å². The third-order valence-corrected chi connectivity index (χ3v) is 3.49. The van der Waals surface area contributed by atoms with Crippen molar-refractivity contribution in [1.29, 1.82) is 0 Å². The number of benzene rings is 2. The molecule has 92 valence electrons. The summed E-state index contributed by atoms with van der Waals surface area (Å²) in [7, 11) is 0.